The van der Waals surface area contributed by atoms with Crippen molar-refractivity contribution < 1.29 is 9.13 Å². The van der Waals surface area contributed by atoms with Crippen molar-refractivity contribution in [1.82, 2.24) is 4.90 Å². The molecule has 3 nitrogen and oxygen atoms in total. The van der Waals surface area contributed by atoms with Crippen molar-refractivity contribution >= 4 is 0 Å². The third-order valence-electron chi connectivity index (χ3n) is 3.96. The summed E-state index contributed by atoms with van der Waals surface area (Å²) in [6, 6.07) is 5.54. The van der Waals surface area contributed by atoms with Gasteiger partial charge in [-0.3, -0.25) is 4.90 Å². The molecule has 1 saturated heterocycles. The normalized spacial score (nSPS) is 21.8. The van der Waals surface area contributed by atoms with E-state index in [1.54, 1.807) is 20.1 Å². The van der Waals surface area contributed by atoms with Crippen molar-refractivity contribution in [3.8, 4) is 0 Å². The lowest BCUT2D eigenvalue weighted by molar-refractivity contribution is 0.147. The van der Waals surface area contributed by atoms with E-state index in [2.05, 4.69) is 4.90 Å². The van der Waals surface area contributed by atoms with Crippen molar-refractivity contribution in [3.63, 3.8) is 0 Å². The summed E-state index contributed by atoms with van der Waals surface area (Å²) >= 11 is 0. The average Bonchev–Trinajstić information content (AvgIpc) is 2.83. The summed E-state index contributed by atoms with van der Waals surface area (Å²) in [6.45, 7) is 5.07. The third-order valence-corrected chi connectivity index (χ3v) is 3.96. The van der Waals surface area contributed by atoms with E-state index >= 15 is 0 Å². The number of nitrogens with zero attached hydrogens (tertiary/aromatic N) is 1. The van der Waals surface area contributed by atoms with Gasteiger partial charge in [-0.2, -0.15) is 0 Å². The molecule has 1 aromatic carbocycles. The molecule has 1 aliphatic rings. The minimum absolute atomic E-state index is 0.108. The van der Waals surface area contributed by atoms with Crippen LogP contribution >= 0.6 is 0 Å². The highest BCUT2D eigenvalue weighted by atomic mass is 19.1. The summed E-state index contributed by atoms with van der Waals surface area (Å²) in [5.74, 6) is 0.415. The van der Waals surface area contributed by atoms with Gasteiger partial charge in [-0.1, -0.05) is 12.1 Å². The molecule has 1 aromatic rings. The summed E-state index contributed by atoms with van der Waals surface area (Å²) in [5, 5.41) is 0. The lowest BCUT2D eigenvalue weighted by Gasteiger charge is -2.27. The van der Waals surface area contributed by atoms with Crippen LogP contribution in [0, 0.1) is 18.7 Å². The van der Waals surface area contributed by atoms with Crippen molar-refractivity contribution in [2.24, 2.45) is 11.7 Å². The molecule has 106 valence electrons. The van der Waals surface area contributed by atoms with E-state index in [0.29, 0.717) is 18.0 Å². The Morgan fingerprint density at radius 1 is 1.53 bits per heavy atom. The number of methoxy groups -OCH3 is 1. The van der Waals surface area contributed by atoms with E-state index in [4.69, 9.17) is 10.5 Å². The zero-order valence-electron chi connectivity index (χ0n) is 11.7. The van der Waals surface area contributed by atoms with Crippen LogP contribution in [-0.4, -0.2) is 38.3 Å². The number of nitrogens with two attached hydrogens (primary N) is 1. The summed E-state index contributed by atoms with van der Waals surface area (Å²) in [4.78, 5) is 2.34. The molecule has 0 aliphatic carbocycles. The first kappa shape index (κ1) is 14.4. The monoisotopic (exact) mass is 266 g/mol. The number of benzene rings is 1. The van der Waals surface area contributed by atoms with Crippen LogP contribution in [0.3, 0.4) is 0 Å². The van der Waals surface area contributed by atoms with Crippen LogP contribution in [0.15, 0.2) is 18.2 Å². The van der Waals surface area contributed by atoms with Gasteiger partial charge in [0.05, 0.1) is 6.61 Å². The quantitative estimate of drug-likeness (QED) is 0.887. The molecule has 0 aromatic heterocycles. The Morgan fingerprint density at radius 3 is 2.95 bits per heavy atom. The summed E-state index contributed by atoms with van der Waals surface area (Å²) in [7, 11) is 1.73. The van der Waals surface area contributed by atoms with Crippen LogP contribution in [0.5, 0.6) is 0 Å². The van der Waals surface area contributed by atoms with Gasteiger partial charge in [-0.05, 0) is 43.0 Å². The summed E-state index contributed by atoms with van der Waals surface area (Å²) < 4.78 is 18.9. The van der Waals surface area contributed by atoms with Crippen LogP contribution in [-0.2, 0) is 4.74 Å². The smallest absolute Gasteiger partial charge is 0.126 e. The Hall–Kier alpha value is -0.970. The second-order valence-electron chi connectivity index (χ2n) is 5.37. The van der Waals surface area contributed by atoms with Crippen LogP contribution in [0.1, 0.15) is 23.6 Å². The van der Waals surface area contributed by atoms with Gasteiger partial charge in [0, 0.05) is 26.2 Å². The van der Waals surface area contributed by atoms with E-state index in [0.717, 1.165) is 31.7 Å². The molecule has 2 rings (SSSR count). The molecule has 1 heterocycles. The van der Waals surface area contributed by atoms with Crippen LogP contribution in [0.25, 0.3) is 0 Å². The molecule has 2 unspecified atom stereocenters. The number of hydrogen-bond acceptors (Lipinski definition) is 3. The molecule has 1 aliphatic heterocycles. The number of halogens is 1. The second kappa shape index (κ2) is 6.46. The third kappa shape index (κ3) is 3.32. The molecule has 0 saturated carbocycles. The topological polar surface area (TPSA) is 38.5 Å². The van der Waals surface area contributed by atoms with Crippen LogP contribution in [0.2, 0.25) is 0 Å². The Labute approximate surface area is 114 Å². The predicted molar refractivity (Wildman–Crippen MR) is 74.5 cm³/mol. The second-order valence-corrected chi connectivity index (χ2v) is 5.37. The molecule has 2 N–H and O–H groups in total. The lowest BCUT2D eigenvalue weighted by atomic mass is 10.0. The molecule has 0 spiro atoms. The number of rotatable bonds is 5. The molecule has 2 atom stereocenters. The van der Waals surface area contributed by atoms with Crippen molar-refractivity contribution in [1.29, 1.82) is 0 Å². The standard InChI is InChI=1S/C15H23FN2O/c1-11-3-4-13(7-14(11)16)15(8-17)18-6-5-12(9-18)10-19-2/h3-4,7,12,15H,5-6,8-10,17H2,1-2H3. The summed E-state index contributed by atoms with van der Waals surface area (Å²) in [5.41, 5.74) is 7.55. The Balaban J connectivity index is 2.09. The minimum atomic E-state index is -0.149. The zero-order valence-corrected chi connectivity index (χ0v) is 11.7. The van der Waals surface area contributed by atoms with Gasteiger partial charge in [-0.15, -0.1) is 0 Å². The number of likely N-dealkylation sites (tertiary alicyclic amines) is 1. The van der Waals surface area contributed by atoms with Gasteiger partial charge >= 0.3 is 0 Å². The predicted octanol–water partition coefficient (Wildman–Crippen LogP) is 2.10. The largest absolute Gasteiger partial charge is 0.384 e. The highest BCUT2D eigenvalue weighted by Gasteiger charge is 2.28. The lowest BCUT2D eigenvalue weighted by Crippen LogP contribution is -2.32. The van der Waals surface area contributed by atoms with Gasteiger partial charge in [0.15, 0.2) is 0 Å². The molecule has 1 fully saturated rings. The Bertz CT molecular complexity index is 425. The Kier molecular flexibility index (Phi) is 4.91. The molecule has 0 amide bonds. The molecule has 0 radical (unpaired) electrons. The van der Waals surface area contributed by atoms with E-state index < -0.39 is 0 Å². The molecular formula is C15H23FN2O. The maximum absolute atomic E-state index is 13.7. The highest BCUT2D eigenvalue weighted by Crippen LogP contribution is 2.28. The number of hydrogen-bond donors (Lipinski definition) is 1. The maximum atomic E-state index is 13.7. The fourth-order valence-corrected chi connectivity index (χ4v) is 2.83. The van der Waals surface area contributed by atoms with Crippen molar-refractivity contribution in [2.45, 2.75) is 19.4 Å². The first-order valence-electron chi connectivity index (χ1n) is 6.84. The van der Waals surface area contributed by atoms with Crippen LogP contribution < -0.4 is 5.73 Å². The maximum Gasteiger partial charge on any atom is 0.126 e. The van der Waals surface area contributed by atoms with Crippen molar-refractivity contribution in [3.05, 3.63) is 35.1 Å². The van der Waals surface area contributed by atoms with Crippen molar-refractivity contribution in [2.75, 3.05) is 33.4 Å². The highest BCUT2D eigenvalue weighted by molar-refractivity contribution is 5.26. The fraction of sp³-hybridized carbons (Fsp3) is 0.600. The molecular weight excluding hydrogens is 243 g/mol. The van der Waals surface area contributed by atoms with E-state index in [1.165, 1.54) is 0 Å². The first-order valence-corrected chi connectivity index (χ1v) is 6.84. The SMILES string of the molecule is COCC1CCN(C(CN)c2ccc(C)c(F)c2)C1. The van der Waals surface area contributed by atoms with E-state index in [1.807, 2.05) is 12.1 Å². The average molecular weight is 266 g/mol. The summed E-state index contributed by atoms with van der Waals surface area (Å²) in [6.07, 6.45) is 1.12. The fourth-order valence-electron chi connectivity index (χ4n) is 2.83. The van der Waals surface area contributed by atoms with Gasteiger partial charge < -0.3 is 10.5 Å². The van der Waals surface area contributed by atoms with Crippen LogP contribution in [0.4, 0.5) is 4.39 Å². The van der Waals surface area contributed by atoms with Gasteiger partial charge in [-0.25, -0.2) is 4.39 Å². The van der Waals surface area contributed by atoms with Gasteiger partial charge in [0.25, 0.3) is 0 Å². The van der Waals surface area contributed by atoms with E-state index in [9.17, 15) is 4.39 Å². The molecule has 0 bridgehead atoms. The number of aryl methyl sites for hydroxylation is 1. The Morgan fingerprint density at radius 2 is 2.32 bits per heavy atom. The minimum Gasteiger partial charge on any atom is -0.384 e. The zero-order chi connectivity index (χ0) is 13.8. The first-order chi connectivity index (χ1) is 9.15. The molecule has 4 heteroatoms. The number of ether oxygens (including phenoxy) is 1. The van der Waals surface area contributed by atoms with Gasteiger partial charge in [0.2, 0.25) is 0 Å². The van der Waals surface area contributed by atoms with E-state index in [-0.39, 0.29) is 11.9 Å². The molecule has 19 heavy (non-hydrogen) atoms. The van der Waals surface area contributed by atoms with Gasteiger partial charge in [0.1, 0.15) is 5.82 Å².